The first-order valence-corrected chi connectivity index (χ1v) is 5.64. The molecule has 0 aliphatic carbocycles. The number of nitrogens with one attached hydrogen (secondary N) is 1. The molecule has 2 rings (SSSR count). The molecule has 0 aromatic heterocycles. The first kappa shape index (κ1) is 12.0. The minimum absolute atomic E-state index is 0.439. The summed E-state index contributed by atoms with van der Waals surface area (Å²) in [6.07, 6.45) is 0. The topological polar surface area (TPSA) is 81.1 Å². The van der Waals surface area contributed by atoms with Gasteiger partial charge >= 0.3 is 0 Å². The lowest BCUT2D eigenvalue weighted by molar-refractivity contribution is 0.100. The number of nitrogen functional groups attached to an aromatic ring is 1. The van der Waals surface area contributed by atoms with E-state index in [1.807, 2.05) is 36.4 Å². The number of benzene rings is 2. The minimum atomic E-state index is -0.439. The maximum absolute atomic E-state index is 11.2. The molecule has 0 aliphatic rings. The van der Waals surface area contributed by atoms with E-state index in [4.69, 9.17) is 11.5 Å². The Kier molecular flexibility index (Phi) is 3.48. The summed E-state index contributed by atoms with van der Waals surface area (Å²) in [4.78, 5) is 11.2. The van der Waals surface area contributed by atoms with E-state index in [-0.39, 0.29) is 0 Å². The summed E-state index contributed by atoms with van der Waals surface area (Å²) in [7, 11) is 0. The van der Waals surface area contributed by atoms with Gasteiger partial charge in [-0.2, -0.15) is 0 Å². The van der Waals surface area contributed by atoms with Gasteiger partial charge < -0.3 is 16.8 Å². The SMILES string of the molecule is NC(=O)c1ccccc1NCc1cccc(N)c1. The van der Waals surface area contributed by atoms with Gasteiger partial charge in [0.1, 0.15) is 0 Å². The zero-order chi connectivity index (χ0) is 13.0. The summed E-state index contributed by atoms with van der Waals surface area (Å²) < 4.78 is 0. The second-order valence-electron chi connectivity index (χ2n) is 4.01. The normalized spacial score (nSPS) is 10.0. The van der Waals surface area contributed by atoms with Gasteiger partial charge in [0.2, 0.25) is 0 Å². The monoisotopic (exact) mass is 241 g/mol. The Bertz CT molecular complexity index is 566. The second-order valence-corrected chi connectivity index (χ2v) is 4.01. The Morgan fingerprint density at radius 3 is 2.61 bits per heavy atom. The number of hydrogen-bond donors (Lipinski definition) is 3. The van der Waals surface area contributed by atoms with E-state index >= 15 is 0 Å². The van der Waals surface area contributed by atoms with Crippen molar-refractivity contribution >= 4 is 17.3 Å². The van der Waals surface area contributed by atoms with Crippen molar-refractivity contribution in [3.8, 4) is 0 Å². The third-order valence-electron chi connectivity index (χ3n) is 2.63. The molecule has 5 N–H and O–H groups in total. The molecule has 0 saturated heterocycles. The molecular weight excluding hydrogens is 226 g/mol. The maximum atomic E-state index is 11.2. The van der Waals surface area contributed by atoms with Crippen LogP contribution in [0.2, 0.25) is 0 Å². The number of hydrogen-bond acceptors (Lipinski definition) is 3. The molecule has 0 unspecified atom stereocenters. The largest absolute Gasteiger partial charge is 0.399 e. The van der Waals surface area contributed by atoms with Crippen LogP contribution in [0.4, 0.5) is 11.4 Å². The number of rotatable bonds is 4. The molecule has 18 heavy (non-hydrogen) atoms. The molecular formula is C14H15N3O. The smallest absolute Gasteiger partial charge is 0.250 e. The van der Waals surface area contributed by atoms with E-state index in [0.717, 1.165) is 16.9 Å². The van der Waals surface area contributed by atoms with Gasteiger partial charge in [0.05, 0.1) is 5.56 Å². The number of para-hydroxylation sites is 1. The van der Waals surface area contributed by atoms with Gasteiger partial charge in [-0.05, 0) is 29.8 Å². The minimum Gasteiger partial charge on any atom is -0.399 e. The van der Waals surface area contributed by atoms with Crippen LogP contribution < -0.4 is 16.8 Å². The Morgan fingerprint density at radius 1 is 1.11 bits per heavy atom. The van der Waals surface area contributed by atoms with E-state index < -0.39 is 5.91 Å². The van der Waals surface area contributed by atoms with Crippen LogP contribution in [0.25, 0.3) is 0 Å². The van der Waals surface area contributed by atoms with Crippen LogP contribution in [0.3, 0.4) is 0 Å². The lowest BCUT2D eigenvalue weighted by Crippen LogP contribution is -2.14. The third kappa shape index (κ3) is 2.79. The van der Waals surface area contributed by atoms with Crippen LogP contribution in [-0.2, 0) is 6.54 Å². The molecule has 0 bridgehead atoms. The number of primary amides is 1. The Morgan fingerprint density at radius 2 is 1.89 bits per heavy atom. The standard InChI is InChI=1S/C14H15N3O/c15-11-5-3-4-10(8-11)9-17-13-7-2-1-6-12(13)14(16)18/h1-8,17H,9,15H2,(H2,16,18). The third-order valence-corrected chi connectivity index (χ3v) is 2.63. The van der Waals surface area contributed by atoms with Crippen LogP contribution in [0, 0.1) is 0 Å². The van der Waals surface area contributed by atoms with Crippen molar-refractivity contribution in [2.75, 3.05) is 11.1 Å². The van der Waals surface area contributed by atoms with Crippen LogP contribution in [-0.4, -0.2) is 5.91 Å². The fourth-order valence-corrected chi connectivity index (χ4v) is 1.75. The molecule has 0 atom stereocenters. The fraction of sp³-hybridized carbons (Fsp3) is 0.0714. The highest BCUT2D eigenvalue weighted by atomic mass is 16.1. The van der Waals surface area contributed by atoms with E-state index in [1.54, 1.807) is 12.1 Å². The van der Waals surface area contributed by atoms with Gasteiger partial charge in [-0.25, -0.2) is 0 Å². The van der Waals surface area contributed by atoms with Crippen molar-refractivity contribution in [3.63, 3.8) is 0 Å². The molecule has 0 fully saturated rings. The highest BCUT2D eigenvalue weighted by Crippen LogP contribution is 2.16. The molecule has 0 aliphatic heterocycles. The number of carbonyl (C=O) groups excluding carboxylic acids is 1. The van der Waals surface area contributed by atoms with Crippen LogP contribution >= 0.6 is 0 Å². The van der Waals surface area contributed by atoms with Crippen molar-refractivity contribution < 1.29 is 4.79 Å². The Labute approximate surface area is 106 Å². The van der Waals surface area contributed by atoms with E-state index in [9.17, 15) is 4.79 Å². The molecule has 2 aromatic rings. The zero-order valence-corrected chi connectivity index (χ0v) is 9.89. The molecule has 0 heterocycles. The molecule has 0 saturated carbocycles. The maximum Gasteiger partial charge on any atom is 0.250 e. The van der Waals surface area contributed by atoms with Gasteiger partial charge in [0, 0.05) is 17.9 Å². The zero-order valence-electron chi connectivity index (χ0n) is 9.89. The quantitative estimate of drug-likeness (QED) is 0.716. The molecule has 2 aromatic carbocycles. The molecule has 4 nitrogen and oxygen atoms in total. The average Bonchev–Trinajstić information content (AvgIpc) is 2.37. The molecule has 4 heteroatoms. The molecule has 0 radical (unpaired) electrons. The fourth-order valence-electron chi connectivity index (χ4n) is 1.75. The Balaban J connectivity index is 2.13. The summed E-state index contributed by atoms with van der Waals surface area (Å²) in [5.41, 5.74) is 14.0. The predicted molar refractivity (Wildman–Crippen MR) is 73.1 cm³/mol. The summed E-state index contributed by atoms with van der Waals surface area (Å²) in [5.74, 6) is -0.439. The first-order chi connectivity index (χ1) is 8.66. The molecule has 0 spiro atoms. The highest BCUT2D eigenvalue weighted by molar-refractivity contribution is 5.98. The summed E-state index contributed by atoms with van der Waals surface area (Å²) in [6, 6.07) is 14.7. The average molecular weight is 241 g/mol. The van der Waals surface area contributed by atoms with Crippen LogP contribution in [0.5, 0.6) is 0 Å². The number of carbonyl (C=O) groups is 1. The summed E-state index contributed by atoms with van der Waals surface area (Å²) in [5, 5.41) is 3.18. The van der Waals surface area contributed by atoms with Gasteiger partial charge in [-0.3, -0.25) is 4.79 Å². The van der Waals surface area contributed by atoms with Crippen molar-refractivity contribution in [2.45, 2.75) is 6.54 Å². The molecule has 1 amide bonds. The van der Waals surface area contributed by atoms with Gasteiger partial charge in [-0.15, -0.1) is 0 Å². The van der Waals surface area contributed by atoms with Crippen LogP contribution in [0.15, 0.2) is 48.5 Å². The first-order valence-electron chi connectivity index (χ1n) is 5.64. The second kappa shape index (κ2) is 5.23. The van der Waals surface area contributed by atoms with E-state index in [2.05, 4.69) is 5.32 Å². The van der Waals surface area contributed by atoms with E-state index in [0.29, 0.717) is 12.1 Å². The van der Waals surface area contributed by atoms with Gasteiger partial charge in [-0.1, -0.05) is 24.3 Å². The summed E-state index contributed by atoms with van der Waals surface area (Å²) in [6.45, 7) is 0.593. The molecule has 92 valence electrons. The lowest BCUT2D eigenvalue weighted by atomic mass is 10.1. The highest BCUT2D eigenvalue weighted by Gasteiger charge is 2.06. The van der Waals surface area contributed by atoms with Crippen molar-refractivity contribution in [2.24, 2.45) is 5.73 Å². The number of anilines is 2. The van der Waals surface area contributed by atoms with Crippen LogP contribution in [0.1, 0.15) is 15.9 Å². The van der Waals surface area contributed by atoms with Crippen molar-refractivity contribution in [1.82, 2.24) is 0 Å². The van der Waals surface area contributed by atoms with Gasteiger partial charge in [0.15, 0.2) is 0 Å². The summed E-state index contributed by atoms with van der Waals surface area (Å²) >= 11 is 0. The Hall–Kier alpha value is -2.49. The lowest BCUT2D eigenvalue weighted by Gasteiger charge is -2.10. The van der Waals surface area contributed by atoms with E-state index in [1.165, 1.54) is 0 Å². The number of amides is 1. The van der Waals surface area contributed by atoms with Gasteiger partial charge in [0.25, 0.3) is 5.91 Å². The van der Waals surface area contributed by atoms with Crippen molar-refractivity contribution in [1.29, 1.82) is 0 Å². The van der Waals surface area contributed by atoms with Crippen molar-refractivity contribution in [3.05, 3.63) is 59.7 Å². The number of nitrogens with two attached hydrogens (primary N) is 2. The predicted octanol–water partition coefficient (Wildman–Crippen LogP) is 1.98.